The Morgan fingerprint density at radius 2 is 2.00 bits per heavy atom. The van der Waals surface area contributed by atoms with Crippen LogP contribution in [0.5, 0.6) is 5.75 Å². The first kappa shape index (κ1) is 21.3. The Kier molecular flexibility index (Phi) is 7.18. The van der Waals surface area contributed by atoms with E-state index in [4.69, 9.17) is 14.7 Å². The number of carboxylic acid groups (broad SMARTS) is 1. The van der Waals surface area contributed by atoms with E-state index in [1.165, 1.54) is 31.2 Å². The number of oxime groups is 1. The van der Waals surface area contributed by atoms with E-state index in [0.29, 0.717) is 24.2 Å². The standard InChI is InChI=1S/C25H30N2O4/c28-25(29)17-30-24-9-3-7-20-13-19(10-11-22(20)24)16-31-27-23(14-18-5-1-2-6-18)21-8-4-12-26-15-21/h3-4,7-9,12,15,18-19H,1-2,5-6,10-11,13-14,16-17H2,(H,28,29). The number of nitrogens with zero attached hydrogens (tertiary/aromatic N) is 2. The van der Waals surface area contributed by atoms with E-state index in [0.717, 1.165) is 42.5 Å². The largest absolute Gasteiger partial charge is 0.482 e. The molecule has 2 aliphatic carbocycles. The van der Waals surface area contributed by atoms with Gasteiger partial charge in [-0.3, -0.25) is 4.98 Å². The van der Waals surface area contributed by atoms with Crippen molar-refractivity contribution in [1.29, 1.82) is 0 Å². The summed E-state index contributed by atoms with van der Waals surface area (Å²) >= 11 is 0. The summed E-state index contributed by atoms with van der Waals surface area (Å²) in [7, 11) is 0. The molecule has 1 aromatic heterocycles. The Hall–Kier alpha value is -2.89. The van der Waals surface area contributed by atoms with Crippen LogP contribution in [-0.2, 0) is 22.5 Å². The molecule has 0 saturated heterocycles. The first-order valence-electron chi connectivity index (χ1n) is 11.2. The van der Waals surface area contributed by atoms with Crippen LogP contribution in [0.15, 0.2) is 47.9 Å². The van der Waals surface area contributed by atoms with Gasteiger partial charge in [-0.25, -0.2) is 4.79 Å². The van der Waals surface area contributed by atoms with Gasteiger partial charge < -0.3 is 14.7 Å². The molecule has 1 unspecified atom stereocenters. The number of carboxylic acids is 1. The summed E-state index contributed by atoms with van der Waals surface area (Å²) in [6.45, 7) is 0.268. The molecule has 1 heterocycles. The zero-order chi connectivity index (χ0) is 21.5. The van der Waals surface area contributed by atoms with Crippen LogP contribution in [0.1, 0.15) is 55.2 Å². The molecule has 1 fully saturated rings. The molecular formula is C25H30N2O4. The van der Waals surface area contributed by atoms with Crippen LogP contribution < -0.4 is 4.74 Å². The highest BCUT2D eigenvalue weighted by Crippen LogP contribution is 2.33. The van der Waals surface area contributed by atoms with Crippen molar-refractivity contribution in [2.24, 2.45) is 17.0 Å². The second-order valence-electron chi connectivity index (χ2n) is 8.62. The predicted molar refractivity (Wildman–Crippen MR) is 118 cm³/mol. The van der Waals surface area contributed by atoms with E-state index in [1.54, 1.807) is 6.20 Å². The number of hydrogen-bond donors (Lipinski definition) is 1. The van der Waals surface area contributed by atoms with Crippen molar-refractivity contribution in [1.82, 2.24) is 4.98 Å². The third-order valence-corrected chi connectivity index (χ3v) is 6.33. The first-order chi connectivity index (χ1) is 15.2. The van der Waals surface area contributed by atoms with Crippen molar-refractivity contribution < 1.29 is 19.5 Å². The highest BCUT2D eigenvalue weighted by molar-refractivity contribution is 6.00. The highest BCUT2D eigenvalue weighted by atomic mass is 16.6. The summed E-state index contributed by atoms with van der Waals surface area (Å²) in [6, 6.07) is 9.88. The molecule has 2 aliphatic rings. The maximum atomic E-state index is 10.8. The van der Waals surface area contributed by atoms with E-state index < -0.39 is 5.97 Å². The average Bonchev–Trinajstić information content (AvgIpc) is 3.30. The van der Waals surface area contributed by atoms with Gasteiger partial charge in [0.05, 0.1) is 5.71 Å². The zero-order valence-electron chi connectivity index (χ0n) is 17.8. The van der Waals surface area contributed by atoms with Crippen molar-refractivity contribution in [2.45, 2.75) is 51.4 Å². The van der Waals surface area contributed by atoms with Gasteiger partial charge in [-0.1, -0.05) is 43.0 Å². The van der Waals surface area contributed by atoms with Gasteiger partial charge in [-0.05, 0) is 60.9 Å². The van der Waals surface area contributed by atoms with Crippen LogP contribution in [0.25, 0.3) is 0 Å². The lowest BCUT2D eigenvalue weighted by molar-refractivity contribution is -0.139. The Labute approximate surface area is 183 Å². The van der Waals surface area contributed by atoms with Gasteiger partial charge in [-0.2, -0.15) is 0 Å². The van der Waals surface area contributed by atoms with Gasteiger partial charge >= 0.3 is 5.97 Å². The van der Waals surface area contributed by atoms with Crippen LogP contribution in [0, 0.1) is 11.8 Å². The smallest absolute Gasteiger partial charge is 0.341 e. The summed E-state index contributed by atoms with van der Waals surface area (Å²) in [5.41, 5.74) is 4.38. The molecule has 31 heavy (non-hydrogen) atoms. The van der Waals surface area contributed by atoms with Crippen LogP contribution in [0.2, 0.25) is 0 Å². The molecule has 6 nitrogen and oxygen atoms in total. The van der Waals surface area contributed by atoms with Gasteiger partial charge in [0.25, 0.3) is 0 Å². The number of benzene rings is 1. The monoisotopic (exact) mass is 422 g/mol. The number of hydrogen-bond acceptors (Lipinski definition) is 5. The summed E-state index contributed by atoms with van der Waals surface area (Å²) < 4.78 is 5.47. The summed E-state index contributed by atoms with van der Waals surface area (Å²) in [5.74, 6) is 0.799. The van der Waals surface area contributed by atoms with Gasteiger partial charge in [0.2, 0.25) is 0 Å². The van der Waals surface area contributed by atoms with E-state index in [9.17, 15) is 4.79 Å². The molecule has 0 amide bonds. The molecule has 0 spiro atoms. The average molecular weight is 423 g/mol. The second-order valence-corrected chi connectivity index (χ2v) is 8.62. The summed E-state index contributed by atoms with van der Waals surface area (Å²) in [4.78, 5) is 20.9. The molecule has 2 aromatic rings. The Morgan fingerprint density at radius 3 is 2.77 bits per heavy atom. The molecule has 0 radical (unpaired) electrons. The maximum absolute atomic E-state index is 10.8. The number of aliphatic carboxylic acids is 1. The SMILES string of the molecule is O=C(O)COc1cccc2c1CCC(CON=C(CC1CCCC1)c1cccnc1)C2. The third-order valence-electron chi connectivity index (χ3n) is 6.33. The van der Waals surface area contributed by atoms with E-state index in [-0.39, 0.29) is 6.61 Å². The highest BCUT2D eigenvalue weighted by Gasteiger charge is 2.23. The van der Waals surface area contributed by atoms with Crippen molar-refractivity contribution in [2.75, 3.05) is 13.2 Å². The molecule has 1 N–H and O–H groups in total. The molecular weight excluding hydrogens is 392 g/mol. The summed E-state index contributed by atoms with van der Waals surface area (Å²) in [6.07, 6.45) is 12.5. The van der Waals surface area contributed by atoms with Crippen LogP contribution in [0.3, 0.4) is 0 Å². The van der Waals surface area contributed by atoms with Crippen LogP contribution in [-0.4, -0.2) is 35.0 Å². The van der Waals surface area contributed by atoms with Gasteiger partial charge in [0, 0.05) is 23.9 Å². The lowest BCUT2D eigenvalue weighted by Gasteiger charge is -2.25. The molecule has 1 aromatic carbocycles. The molecule has 1 saturated carbocycles. The Balaban J connectivity index is 1.37. The van der Waals surface area contributed by atoms with E-state index in [2.05, 4.69) is 22.3 Å². The fraction of sp³-hybridized carbons (Fsp3) is 0.480. The number of aromatic nitrogens is 1. The van der Waals surface area contributed by atoms with Gasteiger partial charge in [0.1, 0.15) is 12.4 Å². The lowest BCUT2D eigenvalue weighted by Crippen LogP contribution is -2.20. The summed E-state index contributed by atoms with van der Waals surface area (Å²) in [5, 5.41) is 13.4. The first-order valence-corrected chi connectivity index (χ1v) is 11.2. The normalized spacial score (nSPS) is 19.1. The van der Waals surface area contributed by atoms with E-state index in [1.807, 2.05) is 24.4 Å². The Morgan fingerprint density at radius 1 is 1.13 bits per heavy atom. The van der Waals surface area contributed by atoms with Gasteiger partial charge in [0.15, 0.2) is 6.61 Å². The van der Waals surface area contributed by atoms with Crippen LogP contribution >= 0.6 is 0 Å². The fourth-order valence-corrected chi connectivity index (χ4v) is 4.71. The van der Waals surface area contributed by atoms with Crippen molar-refractivity contribution in [3.63, 3.8) is 0 Å². The number of ether oxygens (including phenoxy) is 1. The molecule has 0 aliphatic heterocycles. The van der Waals surface area contributed by atoms with Crippen molar-refractivity contribution >= 4 is 11.7 Å². The minimum Gasteiger partial charge on any atom is -0.482 e. The number of rotatable bonds is 9. The minimum atomic E-state index is -0.959. The molecule has 6 heteroatoms. The lowest BCUT2D eigenvalue weighted by atomic mass is 9.84. The quantitative estimate of drug-likeness (QED) is 0.470. The third kappa shape index (κ3) is 5.84. The molecule has 1 atom stereocenters. The zero-order valence-corrected chi connectivity index (χ0v) is 17.8. The van der Waals surface area contributed by atoms with Crippen molar-refractivity contribution in [3.8, 4) is 5.75 Å². The molecule has 164 valence electrons. The van der Waals surface area contributed by atoms with Crippen LogP contribution in [0.4, 0.5) is 0 Å². The maximum Gasteiger partial charge on any atom is 0.341 e. The Bertz CT molecular complexity index is 907. The minimum absolute atomic E-state index is 0.310. The fourth-order valence-electron chi connectivity index (χ4n) is 4.71. The number of carbonyl (C=O) groups is 1. The molecule has 4 rings (SSSR count). The molecule has 0 bridgehead atoms. The number of pyridine rings is 1. The number of fused-ring (bicyclic) bond motifs is 1. The predicted octanol–water partition coefficient (Wildman–Crippen LogP) is 4.65. The topological polar surface area (TPSA) is 81.0 Å². The van der Waals surface area contributed by atoms with Gasteiger partial charge in [-0.15, -0.1) is 0 Å². The second kappa shape index (κ2) is 10.4. The van der Waals surface area contributed by atoms with E-state index >= 15 is 0 Å². The van der Waals surface area contributed by atoms with Crippen molar-refractivity contribution in [3.05, 3.63) is 59.4 Å².